The van der Waals surface area contributed by atoms with Gasteiger partial charge in [0.1, 0.15) is 0 Å². The molecule has 0 aromatic carbocycles. The van der Waals surface area contributed by atoms with E-state index >= 15 is 0 Å². The topological polar surface area (TPSA) is 152 Å². The fraction of sp³-hybridized carbons (Fsp3) is 1.00. The first-order valence-electron chi connectivity index (χ1n) is 18.4. The number of ether oxygens (including phenoxy) is 7. The Labute approximate surface area is 292 Å². The van der Waals surface area contributed by atoms with Gasteiger partial charge in [-0.25, -0.2) is 0 Å². The zero-order valence-corrected chi connectivity index (χ0v) is 31.4. The lowest BCUT2D eigenvalue weighted by molar-refractivity contribution is -0.0588. The highest BCUT2D eigenvalue weighted by molar-refractivity contribution is 4.76. The van der Waals surface area contributed by atoms with Crippen molar-refractivity contribution in [2.45, 2.75) is 117 Å². The predicted octanol–water partition coefficient (Wildman–Crippen LogP) is 1.96. The third-order valence-corrected chi connectivity index (χ3v) is 7.36. The number of nitrogens with zero attached hydrogens (tertiary/aromatic N) is 2. The third-order valence-electron chi connectivity index (χ3n) is 7.36. The van der Waals surface area contributed by atoms with Crippen LogP contribution in [0.15, 0.2) is 0 Å². The van der Waals surface area contributed by atoms with Gasteiger partial charge in [-0.3, -0.25) is 9.80 Å². The van der Waals surface area contributed by atoms with Gasteiger partial charge in [-0.15, -0.1) is 0 Å². The first kappa shape index (κ1) is 47.5. The quantitative estimate of drug-likeness (QED) is 0.0707. The molecule has 0 saturated heterocycles. The summed E-state index contributed by atoms with van der Waals surface area (Å²) < 4.78 is 39.8. The molecule has 4 N–H and O–H groups in total. The molecule has 0 aromatic rings. The molecule has 0 bridgehead atoms. The highest BCUT2D eigenvalue weighted by atomic mass is 16.6. The molecule has 7 unspecified atom stereocenters. The van der Waals surface area contributed by atoms with Gasteiger partial charge in [-0.2, -0.15) is 0 Å². The molecule has 0 aliphatic rings. The van der Waals surface area contributed by atoms with Gasteiger partial charge >= 0.3 is 0 Å². The SMILES string of the molecule is CCCOCC(O)CN(CC(O)COCCC)C(C)COCCOC(C)COCC(C)N(CC(O)COCCC)CC(O)COCCC. The summed E-state index contributed by atoms with van der Waals surface area (Å²) in [6.45, 7) is 20.9. The van der Waals surface area contributed by atoms with E-state index < -0.39 is 24.4 Å². The van der Waals surface area contributed by atoms with E-state index in [9.17, 15) is 20.4 Å². The van der Waals surface area contributed by atoms with Crippen LogP contribution in [0.2, 0.25) is 0 Å². The largest absolute Gasteiger partial charge is 0.389 e. The molecule has 0 rings (SSSR count). The Morgan fingerprint density at radius 3 is 1.04 bits per heavy atom. The molecule has 0 saturated carbocycles. The first-order valence-corrected chi connectivity index (χ1v) is 18.4. The summed E-state index contributed by atoms with van der Waals surface area (Å²) in [6, 6.07) is -0.106. The summed E-state index contributed by atoms with van der Waals surface area (Å²) in [5.41, 5.74) is 0. The highest BCUT2D eigenvalue weighted by Crippen LogP contribution is 2.08. The van der Waals surface area contributed by atoms with Crippen LogP contribution in [0, 0.1) is 0 Å². The van der Waals surface area contributed by atoms with E-state index in [1.807, 2.05) is 58.3 Å². The lowest BCUT2D eigenvalue weighted by Gasteiger charge is -2.32. The van der Waals surface area contributed by atoms with Gasteiger partial charge in [0.15, 0.2) is 0 Å². The molecule has 7 atom stereocenters. The Hall–Kier alpha value is -0.520. The minimum absolute atomic E-state index is 0.0507. The van der Waals surface area contributed by atoms with Crippen molar-refractivity contribution < 1.29 is 53.6 Å². The fourth-order valence-electron chi connectivity index (χ4n) is 4.84. The average molecular weight is 699 g/mol. The van der Waals surface area contributed by atoms with Crippen molar-refractivity contribution in [3.8, 4) is 0 Å². The van der Waals surface area contributed by atoms with Crippen LogP contribution in [-0.2, 0) is 33.2 Å². The van der Waals surface area contributed by atoms with Crippen molar-refractivity contribution in [3.63, 3.8) is 0 Å². The molecule has 13 nitrogen and oxygen atoms in total. The summed E-state index contributed by atoms with van der Waals surface area (Å²) in [7, 11) is 0. The maximum atomic E-state index is 10.5. The van der Waals surface area contributed by atoms with Crippen molar-refractivity contribution in [2.75, 3.05) is 112 Å². The van der Waals surface area contributed by atoms with Crippen LogP contribution in [0.4, 0.5) is 0 Å². The van der Waals surface area contributed by atoms with Gasteiger partial charge in [0, 0.05) is 64.7 Å². The highest BCUT2D eigenvalue weighted by Gasteiger charge is 2.23. The van der Waals surface area contributed by atoms with Gasteiger partial charge in [-0.05, 0) is 46.5 Å². The van der Waals surface area contributed by atoms with Crippen LogP contribution in [0.5, 0.6) is 0 Å². The van der Waals surface area contributed by atoms with Crippen LogP contribution >= 0.6 is 0 Å². The molecule has 0 heterocycles. The predicted molar refractivity (Wildman–Crippen MR) is 188 cm³/mol. The minimum atomic E-state index is -0.672. The third kappa shape index (κ3) is 27.2. The summed E-state index contributed by atoms with van der Waals surface area (Å²) in [6.07, 6.45) is 0.718. The Morgan fingerprint density at radius 1 is 0.396 bits per heavy atom. The molecular weight excluding hydrogens is 624 g/mol. The summed E-state index contributed by atoms with van der Waals surface area (Å²) in [4.78, 5) is 4.02. The van der Waals surface area contributed by atoms with Crippen molar-refractivity contribution in [2.24, 2.45) is 0 Å². The van der Waals surface area contributed by atoms with Crippen LogP contribution in [0.25, 0.3) is 0 Å². The van der Waals surface area contributed by atoms with Gasteiger partial charge in [0.25, 0.3) is 0 Å². The second-order valence-electron chi connectivity index (χ2n) is 12.8. The normalized spacial score (nSPS) is 16.7. The molecular formula is C35H74N2O11. The Bertz CT molecular complexity index is 648. The number of hydrogen-bond acceptors (Lipinski definition) is 13. The van der Waals surface area contributed by atoms with Gasteiger partial charge < -0.3 is 53.6 Å². The Kier molecular flexibility index (Phi) is 32.0. The second-order valence-corrected chi connectivity index (χ2v) is 12.8. The first-order chi connectivity index (χ1) is 23.1. The Balaban J connectivity index is 4.65. The zero-order valence-electron chi connectivity index (χ0n) is 31.4. The minimum Gasteiger partial charge on any atom is -0.389 e. The lowest BCUT2D eigenvalue weighted by atomic mass is 10.2. The maximum Gasteiger partial charge on any atom is 0.0900 e. The van der Waals surface area contributed by atoms with E-state index in [4.69, 9.17) is 33.2 Å². The van der Waals surface area contributed by atoms with Crippen LogP contribution in [0.3, 0.4) is 0 Å². The molecule has 13 heteroatoms. The molecule has 0 aliphatic carbocycles. The van der Waals surface area contributed by atoms with Crippen molar-refractivity contribution in [3.05, 3.63) is 0 Å². The van der Waals surface area contributed by atoms with Crippen molar-refractivity contribution in [1.82, 2.24) is 9.80 Å². The van der Waals surface area contributed by atoms with E-state index in [1.54, 1.807) is 0 Å². The van der Waals surface area contributed by atoms with Crippen molar-refractivity contribution >= 4 is 0 Å². The van der Waals surface area contributed by atoms with E-state index in [0.717, 1.165) is 25.7 Å². The molecule has 0 aliphatic heterocycles. The van der Waals surface area contributed by atoms with E-state index in [-0.39, 0.29) is 44.6 Å². The molecule has 48 heavy (non-hydrogen) atoms. The molecule has 0 fully saturated rings. The van der Waals surface area contributed by atoms with Crippen molar-refractivity contribution in [1.29, 1.82) is 0 Å². The van der Waals surface area contributed by atoms with E-state index in [1.165, 1.54) is 0 Å². The lowest BCUT2D eigenvalue weighted by Crippen LogP contribution is -2.47. The zero-order chi connectivity index (χ0) is 36.0. The second kappa shape index (κ2) is 32.4. The molecule has 0 radical (unpaired) electrons. The average Bonchev–Trinajstić information content (AvgIpc) is 3.04. The van der Waals surface area contributed by atoms with Gasteiger partial charge in [-0.1, -0.05) is 27.7 Å². The number of aliphatic hydroxyl groups is 4. The van der Waals surface area contributed by atoms with Gasteiger partial charge in [0.2, 0.25) is 0 Å². The molecule has 0 amide bonds. The van der Waals surface area contributed by atoms with Crippen LogP contribution in [-0.4, -0.2) is 185 Å². The monoisotopic (exact) mass is 699 g/mol. The fourth-order valence-corrected chi connectivity index (χ4v) is 4.84. The molecule has 290 valence electrons. The molecule has 0 aromatic heterocycles. The number of rotatable bonds is 36. The summed E-state index contributed by atoms with van der Waals surface area (Å²) >= 11 is 0. The summed E-state index contributed by atoms with van der Waals surface area (Å²) in [5, 5.41) is 42.0. The van der Waals surface area contributed by atoms with E-state index in [0.29, 0.717) is 85.6 Å². The smallest absolute Gasteiger partial charge is 0.0900 e. The Morgan fingerprint density at radius 2 is 0.708 bits per heavy atom. The van der Waals surface area contributed by atoms with Gasteiger partial charge in [0.05, 0.1) is 90.0 Å². The summed E-state index contributed by atoms with van der Waals surface area (Å²) in [5.74, 6) is 0. The van der Waals surface area contributed by atoms with E-state index in [2.05, 4.69) is 0 Å². The standard InChI is InChI=1S/C35H74N2O11/c1-8-12-42-25-32(38)18-36(19-33(39)26-43-13-9-2)29(5)22-46-16-17-48-31(7)24-47-23-30(6)37(20-34(40)27-44-14-10-3)21-35(41)28-45-15-11-4/h29-35,38-41H,8-28H2,1-7H3. The molecule has 0 spiro atoms. The number of aliphatic hydroxyl groups excluding tert-OH is 4. The van der Waals surface area contributed by atoms with Crippen LogP contribution in [0.1, 0.15) is 74.1 Å². The number of hydrogen-bond donors (Lipinski definition) is 4. The van der Waals surface area contributed by atoms with Crippen LogP contribution < -0.4 is 0 Å². The maximum absolute atomic E-state index is 10.5.